The lowest BCUT2D eigenvalue weighted by molar-refractivity contribution is 0.0401. The summed E-state index contributed by atoms with van der Waals surface area (Å²) in [4.78, 5) is 23.3. The molecule has 0 bridgehead atoms. The molecule has 24 heavy (non-hydrogen) atoms. The number of rotatable bonds is 5. The molecule has 3 heterocycles. The monoisotopic (exact) mass is 349 g/mol. The van der Waals surface area contributed by atoms with Gasteiger partial charge in [-0.25, -0.2) is 4.98 Å². The minimum absolute atomic E-state index is 0.121. The first-order valence-corrected chi connectivity index (χ1v) is 10.4. The second kappa shape index (κ2) is 7.96. The number of carbonyl (C=O) groups is 1. The molecule has 2 fully saturated rings. The molecule has 2 unspecified atom stereocenters. The number of hydrogen-bond acceptors (Lipinski definition) is 4. The number of aromatic nitrogens is 1. The van der Waals surface area contributed by atoms with Gasteiger partial charge in [0.2, 0.25) is 0 Å². The predicted molar refractivity (Wildman–Crippen MR) is 99.7 cm³/mol. The van der Waals surface area contributed by atoms with Crippen molar-refractivity contribution in [3.8, 4) is 0 Å². The van der Waals surface area contributed by atoms with Crippen molar-refractivity contribution in [2.45, 2.75) is 64.8 Å². The van der Waals surface area contributed by atoms with Gasteiger partial charge in [0.15, 0.2) is 0 Å². The van der Waals surface area contributed by atoms with Crippen molar-refractivity contribution in [3.05, 3.63) is 15.6 Å². The largest absolute Gasteiger partial charge is 0.340 e. The second-order valence-corrected chi connectivity index (χ2v) is 8.73. The van der Waals surface area contributed by atoms with E-state index in [0.29, 0.717) is 17.7 Å². The summed E-state index contributed by atoms with van der Waals surface area (Å²) in [6.45, 7) is 7.55. The topological polar surface area (TPSA) is 36.4 Å². The predicted octanol–water partition coefficient (Wildman–Crippen LogP) is 3.74. The molecule has 0 radical (unpaired) electrons. The van der Waals surface area contributed by atoms with Crippen LogP contribution in [0.4, 0.5) is 0 Å². The van der Waals surface area contributed by atoms with Crippen LogP contribution in [-0.4, -0.2) is 53.4 Å². The first-order chi connectivity index (χ1) is 11.6. The fourth-order valence-corrected chi connectivity index (χ4v) is 5.47. The molecule has 0 saturated carbocycles. The standard InChI is InChI=1S/C19H31N3OS/c1-4-8-17-18(20-14(2)24-17)19(23)21(3)13-15-9-7-12-22-11-6-5-10-16(15)22/h15-16H,4-13H2,1-3H3. The lowest BCUT2D eigenvalue weighted by atomic mass is 9.83. The van der Waals surface area contributed by atoms with Crippen molar-refractivity contribution in [1.82, 2.24) is 14.8 Å². The Morgan fingerprint density at radius 3 is 2.88 bits per heavy atom. The van der Waals surface area contributed by atoms with E-state index in [-0.39, 0.29) is 5.91 Å². The summed E-state index contributed by atoms with van der Waals surface area (Å²) in [7, 11) is 1.97. The summed E-state index contributed by atoms with van der Waals surface area (Å²) in [6.07, 6.45) is 8.56. The maximum atomic E-state index is 12.9. The third-order valence-corrected chi connectivity index (χ3v) is 6.60. The van der Waals surface area contributed by atoms with Gasteiger partial charge in [0, 0.05) is 24.5 Å². The molecule has 2 aliphatic rings. The van der Waals surface area contributed by atoms with Gasteiger partial charge in [0.05, 0.1) is 5.01 Å². The second-order valence-electron chi connectivity index (χ2n) is 7.44. The summed E-state index contributed by atoms with van der Waals surface area (Å²) < 4.78 is 0. The van der Waals surface area contributed by atoms with Gasteiger partial charge < -0.3 is 9.80 Å². The van der Waals surface area contributed by atoms with Crippen molar-refractivity contribution in [3.63, 3.8) is 0 Å². The number of nitrogens with zero attached hydrogens (tertiary/aromatic N) is 3. The molecule has 1 aromatic rings. The minimum atomic E-state index is 0.121. The molecule has 4 nitrogen and oxygen atoms in total. The molecule has 1 aromatic heterocycles. The zero-order valence-electron chi connectivity index (χ0n) is 15.4. The lowest BCUT2D eigenvalue weighted by Crippen LogP contribution is -2.51. The molecule has 134 valence electrons. The SMILES string of the molecule is CCCc1sc(C)nc1C(=O)N(C)CC1CCCN2CCCCC12. The highest BCUT2D eigenvalue weighted by molar-refractivity contribution is 7.11. The van der Waals surface area contributed by atoms with Gasteiger partial charge in [-0.15, -0.1) is 11.3 Å². The van der Waals surface area contributed by atoms with Crippen LogP contribution in [0.1, 0.15) is 65.8 Å². The fraction of sp³-hybridized carbons (Fsp3) is 0.789. The zero-order valence-corrected chi connectivity index (χ0v) is 16.2. The van der Waals surface area contributed by atoms with E-state index in [1.807, 2.05) is 18.9 Å². The number of piperidine rings is 2. The number of hydrogen-bond donors (Lipinski definition) is 0. The molecule has 2 atom stereocenters. The van der Waals surface area contributed by atoms with Gasteiger partial charge in [0.1, 0.15) is 5.69 Å². The van der Waals surface area contributed by atoms with Gasteiger partial charge >= 0.3 is 0 Å². The normalized spacial score (nSPS) is 24.6. The van der Waals surface area contributed by atoms with Crippen molar-refractivity contribution in [2.75, 3.05) is 26.7 Å². The summed E-state index contributed by atoms with van der Waals surface area (Å²) in [5.74, 6) is 0.748. The van der Waals surface area contributed by atoms with Crippen LogP contribution in [0.3, 0.4) is 0 Å². The highest BCUT2D eigenvalue weighted by Crippen LogP contribution is 2.31. The Kier molecular flexibility index (Phi) is 5.93. The van der Waals surface area contributed by atoms with Crippen molar-refractivity contribution in [1.29, 1.82) is 0 Å². The molecular formula is C19H31N3OS. The summed E-state index contributed by atoms with van der Waals surface area (Å²) in [6, 6.07) is 0.690. The van der Waals surface area contributed by atoms with Gasteiger partial charge in [-0.1, -0.05) is 19.8 Å². The molecule has 5 heteroatoms. The lowest BCUT2D eigenvalue weighted by Gasteiger charge is -2.45. The summed E-state index contributed by atoms with van der Waals surface area (Å²) >= 11 is 1.68. The highest BCUT2D eigenvalue weighted by atomic mass is 32.1. The van der Waals surface area contributed by atoms with E-state index < -0.39 is 0 Å². The van der Waals surface area contributed by atoms with Crippen LogP contribution in [0, 0.1) is 12.8 Å². The summed E-state index contributed by atoms with van der Waals surface area (Å²) in [5, 5.41) is 1.01. The highest BCUT2D eigenvalue weighted by Gasteiger charge is 2.34. The Balaban J connectivity index is 1.67. The van der Waals surface area contributed by atoms with E-state index >= 15 is 0 Å². The van der Waals surface area contributed by atoms with E-state index in [2.05, 4.69) is 16.8 Å². The molecule has 0 N–H and O–H groups in total. The molecular weight excluding hydrogens is 318 g/mol. The molecule has 2 aliphatic heterocycles. The minimum Gasteiger partial charge on any atom is -0.340 e. The van der Waals surface area contributed by atoms with Crippen LogP contribution in [0.25, 0.3) is 0 Å². The number of aryl methyl sites for hydroxylation is 2. The summed E-state index contributed by atoms with van der Waals surface area (Å²) in [5.41, 5.74) is 0.707. The Hall–Kier alpha value is -0.940. The fourth-order valence-electron chi connectivity index (χ4n) is 4.44. The van der Waals surface area contributed by atoms with Crippen LogP contribution >= 0.6 is 11.3 Å². The van der Waals surface area contributed by atoms with Gasteiger partial charge in [-0.3, -0.25) is 4.79 Å². The van der Waals surface area contributed by atoms with Crippen LogP contribution in [-0.2, 0) is 6.42 Å². The quantitative estimate of drug-likeness (QED) is 0.812. The van der Waals surface area contributed by atoms with Gasteiger partial charge in [0.25, 0.3) is 5.91 Å². The van der Waals surface area contributed by atoms with Crippen molar-refractivity contribution in [2.24, 2.45) is 5.92 Å². The van der Waals surface area contributed by atoms with Crippen LogP contribution in [0.15, 0.2) is 0 Å². The molecule has 0 aliphatic carbocycles. The average Bonchev–Trinajstić information content (AvgIpc) is 2.95. The van der Waals surface area contributed by atoms with Gasteiger partial charge in [-0.05, 0) is 58.0 Å². The van der Waals surface area contributed by atoms with Crippen LogP contribution in [0.2, 0.25) is 0 Å². The Morgan fingerprint density at radius 1 is 1.29 bits per heavy atom. The molecule has 2 saturated heterocycles. The Bertz CT molecular complexity index is 569. The third kappa shape index (κ3) is 3.83. The van der Waals surface area contributed by atoms with E-state index in [1.54, 1.807) is 11.3 Å². The van der Waals surface area contributed by atoms with E-state index in [9.17, 15) is 4.79 Å². The van der Waals surface area contributed by atoms with Crippen LogP contribution < -0.4 is 0 Å². The van der Waals surface area contributed by atoms with Crippen molar-refractivity contribution < 1.29 is 4.79 Å². The first kappa shape index (κ1) is 17.9. The average molecular weight is 350 g/mol. The smallest absolute Gasteiger partial charge is 0.273 e. The molecule has 0 spiro atoms. The Morgan fingerprint density at radius 2 is 2.08 bits per heavy atom. The maximum absolute atomic E-state index is 12.9. The van der Waals surface area contributed by atoms with Crippen molar-refractivity contribution >= 4 is 17.2 Å². The third-order valence-electron chi connectivity index (χ3n) is 5.57. The Labute approximate surface area is 150 Å². The van der Waals surface area contributed by atoms with Crippen LogP contribution in [0.5, 0.6) is 0 Å². The number of thiazole rings is 1. The van der Waals surface area contributed by atoms with E-state index in [4.69, 9.17) is 0 Å². The zero-order chi connectivity index (χ0) is 17.1. The number of amides is 1. The van der Waals surface area contributed by atoms with Gasteiger partial charge in [-0.2, -0.15) is 0 Å². The number of carbonyl (C=O) groups excluding carboxylic acids is 1. The maximum Gasteiger partial charge on any atom is 0.273 e. The number of fused-ring (bicyclic) bond motifs is 1. The molecule has 0 aromatic carbocycles. The molecule has 1 amide bonds. The van der Waals surface area contributed by atoms with E-state index in [0.717, 1.165) is 29.3 Å². The first-order valence-electron chi connectivity index (χ1n) is 9.56. The molecule has 3 rings (SSSR count). The van der Waals surface area contributed by atoms with E-state index in [1.165, 1.54) is 45.2 Å².